The van der Waals surface area contributed by atoms with Crippen molar-refractivity contribution < 1.29 is 19.1 Å². The summed E-state index contributed by atoms with van der Waals surface area (Å²) in [6.45, 7) is 10.1. The molecule has 0 spiro atoms. The summed E-state index contributed by atoms with van der Waals surface area (Å²) >= 11 is 0. The average molecular weight is 609 g/mol. The van der Waals surface area contributed by atoms with Gasteiger partial charge < -0.3 is 9.47 Å². The predicted octanol–water partition coefficient (Wildman–Crippen LogP) is 12.7. The van der Waals surface area contributed by atoms with Crippen LogP contribution >= 0.6 is 0 Å². The second-order valence-electron chi connectivity index (χ2n) is 13.2. The van der Waals surface area contributed by atoms with Crippen molar-refractivity contribution in [3.63, 3.8) is 0 Å². The van der Waals surface area contributed by atoms with E-state index in [1.165, 1.54) is 141 Å². The van der Waals surface area contributed by atoms with Crippen LogP contribution in [0.25, 0.3) is 0 Å². The van der Waals surface area contributed by atoms with Crippen LogP contribution in [0.4, 0.5) is 0 Å². The summed E-state index contributed by atoms with van der Waals surface area (Å²) < 4.78 is 11.1. The molecule has 256 valence electrons. The zero-order valence-electron chi connectivity index (χ0n) is 29.7. The quantitative estimate of drug-likeness (QED) is 0.0538. The van der Waals surface area contributed by atoms with E-state index in [0.29, 0.717) is 25.6 Å². The molecule has 2 atom stereocenters. The van der Waals surface area contributed by atoms with E-state index in [4.69, 9.17) is 9.47 Å². The second-order valence-corrected chi connectivity index (χ2v) is 13.2. The van der Waals surface area contributed by atoms with Gasteiger partial charge in [0, 0.05) is 6.42 Å². The molecule has 0 heterocycles. The summed E-state index contributed by atoms with van der Waals surface area (Å²) in [6, 6.07) is 0. The van der Waals surface area contributed by atoms with Crippen LogP contribution in [0, 0.1) is 11.8 Å². The molecule has 0 aliphatic carbocycles. The maximum atomic E-state index is 12.7. The zero-order chi connectivity index (χ0) is 31.6. The average Bonchev–Trinajstić information content (AvgIpc) is 3.01. The van der Waals surface area contributed by atoms with Crippen molar-refractivity contribution >= 4 is 11.9 Å². The first-order valence-corrected chi connectivity index (χ1v) is 19.4. The van der Waals surface area contributed by atoms with Crippen molar-refractivity contribution in [2.24, 2.45) is 11.8 Å². The molecule has 0 saturated heterocycles. The highest BCUT2D eigenvalue weighted by Gasteiger charge is 2.26. The Morgan fingerprint density at radius 2 is 0.837 bits per heavy atom. The van der Waals surface area contributed by atoms with Crippen molar-refractivity contribution in [1.82, 2.24) is 0 Å². The number of carbonyl (C=O) groups is 2. The highest BCUT2D eigenvalue weighted by Crippen LogP contribution is 2.27. The largest absolute Gasteiger partial charge is 0.466 e. The van der Waals surface area contributed by atoms with Crippen molar-refractivity contribution in [3.8, 4) is 0 Å². The lowest BCUT2D eigenvalue weighted by molar-refractivity contribution is -0.151. The number of hydrogen-bond donors (Lipinski definition) is 0. The Bertz CT molecular complexity index is 590. The lowest BCUT2D eigenvalue weighted by Crippen LogP contribution is -2.25. The maximum absolute atomic E-state index is 12.7. The molecule has 0 radical (unpaired) electrons. The van der Waals surface area contributed by atoms with Crippen LogP contribution in [0.5, 0.6) is 0 Å². The number of carbonyl (C=O) groups excluding carboxylic acids is 2. The molecule has 0 aliphatic heterocycles. The second kappa shape index (κ2) is 33.8. The Hall–Kier alpha value is -1.06. The van der Waals surface area contributed by atoms with Crippen LogP contribution in [0.2, 0.25) is 0 Å². The third-order valence-corrected chi connectivity index (χ3v) is 9.29. The lowest BCUT2D eigenvalue weighted by Gasteiger charge is -2.23. The third kappa shape index (κ3) is 28.2. The topological polar surface area (TPSA) is 52.6 Å². The molecule has 43 heavy (non-hydrogen) atoms. The van der Waals surface area contributed by atoms with Gasteiger partial charge in [0.1, 0.15) is 0 Å². The van der Waals surface area contributed by atoms with E-state index in [-0.39, 0.29) is 17.9 Å². The molecule has 0 aromatic carbocycles. The highest BCUT2D eigenvalue weighted by molar-refractivity contribution is 5.72. The van der Waals surface area contributed by atoms with E-state index < -0.39 is 0 Å². The first-order chi connectivity index (χ1) is 21.1. The molecule has 0 saturated carbocycles. The van der Waals surface area contributed by atoms with Crippen LogP contribution in [-0.2, 0) is 19.1 Å². The van der Waals surface area contributed by atoms with Crippen LogP contribution in [-0.4, -0.2) is 25.2 Å². The normalized spacial score (nSPS) is 12.7. The molecule has 0 bridgehead atoms. The van der Waals surface area contributed by atoms with Gasteiger partial charge in [-0.1, -0.05) is 175 Å². The molecule has 0 N–H and O–H groups in total. The monoisotopic (exact) mass is 609 g/mol. The fourth-order valence-electron chi connectivity index (χ4n) is 6.31. The number of unbranched alkanes of at least 4 members (excludes halogenated alkanes) is 22. The van der Waals surface area contributed by atoms with Crippen LogP contribution in [0.3, 0.4) is 0 Å². The molecule has 0 aromatic rings. The number of ether oxygens (including phenoxy) is 2. The minimum atomic E-state index is 0.00248. The summed E-state index contributed by atoms with van der Waals surface area (Å²) in [7, 11) is 0. The fraction of sp³-hybridized carbons (Fsp3) is 0.949. The summed E-state index contributed by atoms with van der Waals surface area (Å²) in [4.78, 5) is 24.5. The van der Waals surface area contributed by atoms with Gasteiger partial charge in [0.25, 0.3) is 0 Å². The fourth-order valence-corrected chi connectivity index (χ4v) is 6.31. The first kappa shape index (κ1) is 41.9. The number of esters is 2. The molecule has 4 nitrogen and oxygen atoms in total. The number of rotatable bonds is 34. The minimum absolute atomic E-state index is 0.00248. The van der Waals surface area contributed by atoms with Gasteiger partial charge in [-0.05, 0) is 38.0 Å². The molecule has 0 aromatic heterocycles. The van der Waals surface area contributed by atoms with Gasteiger partial charge in [-0.3, -0.25) is 9.59 Å². The van der Waals surface area contributed by atoms with E-state index in [9.17, 15) is 9.59 Å². The Morgan fingerprint density at radius 1 is 0.442 bits per heavy atom. The van der Waals surface area contributed by atoms with E-state index >= 15 is 0 Å². The SMILES string of the molecule is CCCCCCCCOC(=O)CCCCCCCCCCCCCCCC(CC)C(CC)C(=O)OCCCCCCCC. The van der Waals surface area contributed by atoms with Gasteiger partial charge in [-0.15, -0.1) is 0 Å². The summed E-state index contributed by atoms with van der Waals surface area (Å²) in [5, 5.41) is 0. The summed E-state index contributed by atoms with van der Waals surface area (Å²) in [5.74, 6) is 0.622. The smallest absolute Gasteiger partial charge is 0.309 e. The molecule has 0 fully saturated rings. The maximum Gasteiger partial charge on any atom is 0.309 e. The summed E-state index contributed by atoms with van der Waals surface area (Å²) in [6.07, 6.45) is 35.2. The van der Waals surface area contributed by atoms with Gasteiger partial charge in [-0.25, -0.2) is 0 Å². The predicted molar refractivity (Wildman–Crippen MR) is 185 cm³/mol. The van der Waals surface area contributed by atoms with E-state index in [2.05, 4.69) is 27.7 Å². The Labute approximate surface area is 269 Å². The van der Waals surface area contributed by atoms with Gasteiger partial charge in [0.05, 0.1) is 19.1 Å². The molecule has 0 rings (SSSR count). The Kier molecular flexibility index (Phi) is 33.0. The summed E-state index contributed by atoms with van der Waals surface area (Å²) in [5.41, 5.74) is 0. The minimum Gasteiger partial charge on any atom is -0.466 e. The van der Waals surface area contributed by atoms with Crippen LogP contribution < -0.4 is 0 Å². The molecular weight excluding hydrogens is 532 g/mol. The van der Waals surface area contributed by atoms with Crippen molar-refractivity contribution in [2.75, 3.05) is 13.2 Å². The van der Waals surface area contributed by atoms with Gasteiger partial charge in [0.15, 0.2) is 0 Å². The van der Waals surface area contributed by atoms with Crippen molar-refractivity contribution in [3.05, 3.63) is 0 Å². The zero-order valence-corrected chi connectivity index (χ0v) is 29.7. The first-order valence-electron chi connectivity index (χ1n) is 19.4. The molecule has 0 amide bonds. The highest BCUT2D eigenvalue weighted by atomic mass is 16.5. The lowest BCUT2D eigenvalue weighted by atomic mass is 9.84. The van der Waals surface area contributed by atoms with Crippen molar-refractivity contribution in [1.29, 1.82) is 0 Å². The molecule has 2 unspecified atom stereocenters. The number of hydrogen-bond acceptors (Lipinski definition) is 4. The molecule has 0 aliphatic rings. The van der Waals surface area contributed by atoms with Gasteiger partial charge in [-0.2, -0.15) is 0 Å². The molecular formula is C39H76O4. The van der Waals surface area contributed by atoms with Gasteiger partial charge >= 0.3 is 11.9 Å². The third-order valence-electron chi connectivity index (χ3n) is 9.29. The molecule has 4 heteroatoms. The van der Waals surface area contributed by atoms with E-state index in [0.717, 1.165) is 38.5 Å². The van der Waals surface area contributed by atoms with Gasteiger partial charge in [0.2, 0.25) is 0 Å². The van der Waals surface area contributed by atoms with Crippen molar-refractivity contribution in [2.45, 2.75) is 214 Å². The standard InChI is InChI=1S/C39H76O4/c1-5-9-11-13-26-30-34-42-38(40)33-29-25-23-21-19-17-15-16-18-20-22-24-28-32-36(7-3)37(8-4)39(41)43-35-31-27-14-12-10-6-2/h36-37H,5-35H2,1-4H3. The Balaban J connectivity index is 3.57. The van der Waals surface area contributed by atoms with Crippen LogP contribution in [0.15, 0.2) is 0 Å². The van der Waals surface area contributed by atoms with E-state index in [1.807, 2.05) is 0 Å². The van der Waals surface area contributed by atoms with Crippen LogP contribution in [0.1, 0.15) is 214 Å². The van der Waals surface area contributed by atoms with E-state index in [1.54, 1.807) is 0 Å². The Morgan fingerprint density at radius 3 is 1.28 bits per heavy atom.